The Balaban J connectivity index is 1.26. The number of nitrogens with one attached hydrogen (secondary N) is 1. The first-order valence-corrected chi connectivity index (χ1v) is 13.5. The molecule has 0 amide bonds. The van der Waals surface area contributed by atoms with E-state index >= 15 is 0 Å². The van der Waals surface area contributed by atoms with Crippen molar-refractivity contribution in [2.45, 2.75) is 87.6 Å². The van der Waals surface area contributed by atoms with Crippen molar-refractivity contribution < 1.29 is 13.7 Å². The normalized spacial score (nSPS) is 28.3. The van der Waals surface area contributed by atoms with Crippen molar-refractivity contribution in [1.29, 1.82) is 0 Å². The van der Waals surface area contributed by atoms with E-state index in [0.717, 1.165) is 68.2 Å². The largest absolute Gasteiger partial charge is 0.598 e. The zero-order valence-electron chi connectivity index (χ0n) is 19.2. The van der Waals surface area contributed by atoms with Crippen LogP contribution in [0.2, 0.25) is 0 Å². The predicted octanol–water partition coefficient (Wildman–Crippen LogP) is 4.31. The number of benzene rings is 1. The summed E-state index contributed by atoms with van der Waals surface area (Å²) in [6, 6.07) is 10.7. The fourth-order valence-corrected chi connectivity index (χ4v) is 6.68. The molecule has 1 aliphatic heterocycles. The van der Waals surface area contributed by atoms with Gasteiger partial charge in [-0.15, -0.1) is 4.72 Å². The number of aryl methyl sites for hydroxylation is 2. The third-order valence-electron chi connectivity index (χ3n) is 7.49. The first-order chi connectivity index (χ1) is 16.0. The van der Waals surface area contributed by atoms with Gasteiger partial charge < -0.3 is 13.9 Å². The van der Waals surface area contributed by atoms with Crippen molar-refractivity contribution >= 4 is 11.4 Å². The van der Waals surface area contributed by atoms with Crippen LogP contribution in [0.25, 0.3) is 0 Å². The Morgan fingerprint density at radius 3 is 2.64 bits per heavy atom. The Bertz CT molecular complexity index is 1030. The minimum Gasteiger partial charge on any atom is -0.598 e. The lowest BCUT2D eigenvalue weighted by molar-refractivity contribution is -0.00171. The Kier molecular flexibility index (Phi) is 6.93. The summed E-state index contributed by atoms with van der Waals surface area (Å²) in [6.07, 6.45) is 7.60. The molecule has 5 rings (SSSR count). The summed E-state index contributed by atoms with van der Waals surface area (Å²) in [6.45, 7) is 2.28. The van der Waals surface area contributed by atoms with Crippen LogP contribution >= 0.6 is 0 Å². The molecule has 2 fully saturated rings. The molecule has 1 aromatic carbocycles. The quantitative estimate of drug-likeness (QED) is 0.610. The van der Waals surface area contributed by atoms with E-state index < -0.39 is 11.4 Å². The highest BCUT2D eigenvalue weighted by atomic mass is 32.2. The fourth-order valence-electron chi connectivity index (χ4n) is 5.35. The second-order valence-electron chi connectivity index (χ2n) is 9.87. The van der Waals surface area contributed by atoms with Crippen LogP contribution in [-0.2, 0) is 22.5 Å². The third kappa shape index (κ3) is 5.21. The fraction of sp³-hybridized carbons (Fsp3) is 0.577. The lowest BCUT2D eigenvalue weighted by atomic mass is 9.82. The number of hydrogen-bond acceptors (Lipinski definition) is 4. The smallest absolute Gasteiger partial charge is 0.254 e. The average Bonchev–Trinajstić information content (AvgIpc) is 3.67. The van der Waals surface area contributed by atoms with Gasteiger partial charge in [0, 0.05) is 35.5 Å². The summed E-state index contributed by atoms with van der Waals surface area (Å²) in [5.74, 6) is 0.196. The number of ether oxygens (including phenoxy) is 1. The van der Waals surface area contributed by atoms with Crippen LogP contribution in [-0.4, -0.2) is 33.1 Å². The van der Waals surface area contributed by atoms with Crippen LogP contribution < -0.4 is 10.3 Å². The molecule has 178 valence electrons. The summed E-state index contributed by atoms with van der Waals surface area (Å²) in [5.41, 5.74) is 2.86. The SMILES string of the molecule is Cc1ccc2n(c1=O)C(COC1CCC(c3cccc(F)c3)CC1)C(N[S+]([O-])C1CC1)CC2. The van der Waals surface area contributed by atoms with E-state index in [-0.39, 0.29) is 34.8 Å². The van der Waals surface area contributed by atoms with Crippen LogP contribution in [0.1, 0.15) is 73.7 Å². The molecule has 0 bridgehead atoms. The molecule has 2 saturated carbocycles. The molecular formula is C26H33FN2O3S. The Morgan fingerprint density at radius 1 is 1.12 bits per heavy atom. The van der Waals surface area contributed by atoms with Gasteiger partial charge >= 0.3 is 0 Å². The van der Waals surface area contributed by atoms with Crippen molar-refractivity contribution in [3.8, 4) is 0 Å². The molecule has 1 N–H and O–H groups in total. The number of pyridine rings is 1. The number of nitrogens with zero attached hydrogens (tertiary/aromatic N) is 1. The molecule has 0 saturated heterocycles. The summed E-state index contributed by atoms with van der Waals surface area (Å²) >= 11 is -1.06. The molecular weight excluding hydrogens is 439 g/mol. The first-order valence-electron chi connectivity index (χ1n) is 12.2. The maximum absolute atomic E-state index is 13.6. The van der Waals surface area contributed by atoms with Gasteiger partial charge in [0.05, 0.1) is 24.8 Å². The Hall–Kier alpha value is -1.67. The van der Waals surface area contributed by atoms with Gasteiger partial charge in [-0.3, -0.25) is 4.79 Å². The lowest BCUT2D eigenvalue weighted by Crippen LogP contribution is -2.50. The van der Waals surface area contributed by atoms with Crippen molar-refractivity contribution in [1.82, 2.24) is 9.29 Å². The highest BCUT2D eigenvalue weighted by Gasteiger charge is 2.40. The van der Waals surface area contributed by atoms with Gasteiger partial charge in [0.25, 0.3) is 5.56 Å². The van der Waals surface area contributed by atoms with E-state index in [0.29, 0.717) is 12.5 Å². The number of halogens is 1. The van der Waals surface area contributed by atoms with E-state index in [9.17, 15) is 13.7 Å². The van der Waals surface area contributed by atoms with E-state index in [1.807, 2.05) is 29.7 Å². The minimum absolute atomic E-state index is 0.0274. The molecule has 3 unspecified atom stereocenters. The number of rotatable bonds is 7. The van der Waals surface area contributed by atoms with Crippen LogP contribution in [0.5, 0.6) is 0 Å². The van der Waals surface area contributed by atoms with Crippen molar-refractivity contribution in [2.24, 2.45) is 0 Å². The molecule has 5 nitrogen and oxygen atoms in total. The molecule has 7 heteroatoms. The molecule has 2 aliphatic carbocycles. The van der Waals surface area contributed by atoms with Gasteiger partial charge in [0.1, 0.15) is 11.1 Å². The molecule has 3 aliphatic rings. The minimum atomic E-state index is -1.06. The van der Waals surface area contributed by atoms with Crippen LogP contribution in [0.3, 0.4) is 0 Å². The maximum Gasteiger partial charge on any atom is 0.254 e. The summed E-state index contributed by atoms with van der Waals surface area (Å²) < 4.78 is 37.9. The molecule has 2 aromatic rings. The van der Waals surface area contributed by atoms with Gasteiger partial charge in [-0.1, -0.05) is 18.2 Å². The molecule has 0 radical (unpaired) electrons. The number of fused-ring (bicyclic) bond motifs is 1. The monoisotopic (exact) mass is 472 g/mol. The molecule has 1 aromatic heterocycles. The lowest BCUT2D eigenvalue weighted by Gasteiger charge is -2.37. The van der Waals surface area contributed by atoms with Crippen molar-refractivity contribution in [2.75, 3.05) is 6.61 Å². The highest BCUT2D eigenvalue weighted by molar-refractivity contribution is 7.90. The average molecular weight is 473 g/mol. The Labute approximate surface area is 198 Å². The van der Waals surface area contributed by atoms with Gasteiger partial charge in [0.15, 0.2) is 0 Å². The zero-order valence-corrected chi connectivity index (χ0v) is 20.0. The van der Waals surface area contributed by atoms with Gasteiger partial charge in [0.2, 0.25) is 0 Å². The van der Waals surface area contributed by atoms with E-state index in [1.165, 1.54) is 6.07 Å². The molecule has 33 heavy (non-hydrogen) atoms. The van der Waals surface area contributed by atoms with Gasteiger partial charge in [-0.05, 0) is 75.1 Å². The summed E-state index contributed by atoms with van der Waals surface area (Å²) in [7, 11) is 0. The van der Waals surface area contributed by atoms with Crippen LogP contribution in [0.4, 0.5) is 4.39 Å². The standard InChI is InChI=1S/C26H33FN2O3S/c1-17-5-8-21-9-14-24(28-33(31)23-12-13-23)25(29(21)26(17)30)16-32-22-10-6-18(7-11-22)19-3-2-4-20(27)15-19/h2-5,8,15,18,22-25,28H,6-7,9-14,16H2,1H3. The highest BCUT2D eigenvalue weighted by Crippen LogP contribution is 2.35. The summed E-state index contributed by atoms with van der Waals surface area (Å²) in [4.78, 5) is 13.1. The number of hydrogen-bond donors (Lipinski definition) is 1. The molecule has 0 spiro atoms. The maximum atomic E-state index is 13.6. The van der Waals surface area contributed by atoms with E-state index in [4.69, 9.17) is 4.74 Å². The van der Waals surface area contributed by atoms with Crippen LogP contribution in [0, 0.1) is 12.7 Å². The molecule has 2 heterocycles. The predicted molar refractivity (Wildman–Crippen MR) is 128 cm³/mol. The topological polar surface area (TPSA) is 66.3 Å². The van der Waals surface area contributed by atoms with Crippen molar-refractivity contribution in [3.05, 3.63) is 69.4 Å². The third-order valence-corrected chi connectivity index (χ3v) is 9.10. The van der Waals surface area contributed by atoms with Gasteiger partial charge in [-0.2, -0.15) is 0 Å². The number of aromatic nitrogens is 1. The second kappa shape index (κ2) is 9.90. The summed E-state index contributed by atoms with van der Waals surface area (Å²) in [5, 5.41) is 0.250. The van der Waals surface area contributed by atoms with Crippen LogP contribution in [0.15, 0.2) is 41.2 Å². The van der Waals surface area contributed by atoms with Gasteiger partial charge in [-0.25, -0.2) is 4.39 Å². The second-order valence-corrected chi connectivity index (χ2v) is 11.4. The zero-order chi connectivity index (χ0) is 22.9. The first kappa shape index (κ1) is 23.1. The Morgan fingerprint density at radius 2 is 1.91 bits per heavy atom. The van der Waals surface area contributed by atoms with Crippen molar-refractivity contribution in [3.63, 3.8) is 0 Å². The molecule has 3 atom stereocenters. The van der Waals surface area contributed by atoms with E-state index in [1.54, 1.807) is 12.1 Å². The van der Waals surface area contributed by atoms with E-state index in [2.05, 4.69) is 4.72 Å².